The molecule has 9 nitrogen and oxygen atoms in total. The van der Waals surface area contributed by atoms with Gasteiger partial charge in [0.1, 0.15) is 19.3 Å². The number of unbranched alkanes of at least 4 members (excludes halogenated alkanes) is 43. The highest BCUT2D eigenvalue weighted by Crippen LogP contribution is 2.43. The van der Waals surface area contributed by atoms with E-state index in [-0.39, 0.29) is 31.5 Å². The minimum atomic E-state index is -4.45. The van der Waals surface area contributed by atoms with Gasteiger partial charge < -0.3 is 19.4 Å². The van der Waals surface area contributed by atoms with E-state index in [0.29, 0.717) is 17.4 Å². The predicted molar refractivity (Wildman–Crippen MR) is 342 cm³/mol. The zero-order valence-corrected chi connectivity index (χ0v) is 54.3. The van der Waals surface area contributed by atoms with E-state index in [1.54, 1.807) is 0 Å². The van der Waals surface area contributed by atoms with Gasteiger partial charge in [-0.2, -0.15) is 0 Å². The number of nitrogens with zero attached hydrogens (tertiary/aromatic N) is 1. The average Bonchev–Trinajstić information content (AvgIpc) is 3.41. The van der Waals surface area contributed by atoms with Gasteiger partial charge in [-0.1, -0.05) is 282 Å². The number of carbonyl (C=O) groups excluding carboxylic acids is 2. The van der Waals surface area contributed by atoms with Crippen LogP contribution < -0.4 is 5.32 Å². The molecular formula is C69H134N2O7P+. The lowest BCUT2D eigenvalue weighted by Gasteiger charge is -2.27. The fourth-order valence-electron chi connectivity index (χ4n) is 10.2. The lowest BCUT2D eigenvalue weighted by Crippen LogP contribution is -2.47. The molecule has 0 fully saturated rings. The quantitative estimate of drug-likeness (QED) is 0.0205. The van der Waals surface area contributed by atoms with Crippen molar-refractivity contribution in [3.63, 3.8) is 0 Å². The monoisotopic (exact) mass is 1130 g/mol. The lowest BCUT2D eigenvalue weighted by molar-refractivity contribution is -0.870. The number of phosphoric ester groups is 1. The van der Waals surface area contributed by atoms with Crippen molar-refractivity contribution in [3.05, 3.63) is 36.5 Å². The van der Waals surface area contributed by atoms with E-state index < -0.39 is 20.0 Å². The van der Waals surface area contributed by atoms with E-state index >= 15 is 0 Å². The summed E-state index contributed by atoms with van der Waals surface area (Å²) in [6.45, 7) is 7.03. The van der Waals surface area contributed by atoms with Gasteiger partial charge in [0, 0.05) is 12.8 Å². The molecule has 0 aromatic carbocycles. The van der Waals surface area contributed by atoms with Crippen LogP contribution in [0.2, 0.25) is 0 Å². The maximum Gasteiger partial charge on any atom is 0.472 e. The van der Waals surface area contributed by atoms with Crippen LogP contribution >= 0.6 is 7.82 Å². The normalized spacial score (nSPS) is 13.8. The van der Waals surface area contributed by atoms with Gasteiger partial charge in [0.05, 0.1) is 33.8 Å². The number of allylic oxidation sites excluding steroid dienone is 5. The molecule has 0 rings (SSSR count). The number of ether oxygens (including phenoxy) is 1. The summed E-state index contributed by atoms with van der Waals surface area (Å²) in [5.41, 5.74) is 0. The number of rotatable bonds is 63. The van der Waals surface area contributed by atoms with Crippen molar-refractivity contribution >= 4 is 19.7 Å². The molecule has 0 aliphatic heterocycles. The standard InChI is InChI=1S/C69H133N2O7P/c1-7-10-13-16-19-22-25-27-29-30-31-32-33-34-35-36-37-38-39-40-42-43-46-49-52-55-58-61-68(72)70-66(65-77-79(74,75)76-64-63-71(4,5)6)67(60-57-54-51-48-45-24-21-18-15-12-9-3)78-69(73)62-59-56-53-50-47-44-41-28-26-23-20-17-14-11-8-2/h23,26-27,29,57,60,66-67H,7-22,24-25,28,30-56,58-59,61-65H2,1-6H3,(H-,70,72,74,75)/p+1/b26-23-,29-27+,60-57-. The number of phosphoric acid groups is 1. The molecule has 0 bridgehead atoms. The predicted octanol–water partition coefficient (Wildman–Crippen LogP) is 21.5. The van der Waals surface area contributed by atoms with Gasteiger partial charge in [-0.15, -0.1) is 0 Å². The molecule has 0 radical (unpaired) electrons. The second kappa shape index (κ2) is 59.4. The maximum atomic E-state index is 13.6. The summed E-state index contributed by atoms with van der Waals surface area (Å²) in [4.78, 5) is 37.8. The van der Waals surface area contributed by atoms with Crippen LogP contribution in [0.5, 0.6) is 0 Å². The SMILES string of the molecule is CCCCCC/C=C\CCCCCCCCCC(=O)OC(/C=C\CCCCCCCCCCC)C(COP(=O)(O)OCC[N+](C)(C)C)NC(=O)CCCCCCCCCCCCCCCCCCC/C=C/CCCCCCCC. The smallest absolute Gasteiger partial charge is 0.456 e. The molecule has 0 aromatic rings. The largest absolute Gasteiger partial charge is 0.472 e. The maximum absolute atomic E-state index is 13.6. The second-order valence-electron chi connectivity index (χ2n) is 24.7. The third-order valence-electron chi connectivity index (χ3n) is 15.6. The van der Waals surface area contributed by atoms with Crippen molar-refractivity contribution in [1.82, 2.24) is 5.32 Å². The molecule has 0 aliphatic carbocycles. The number of nitrogens with one attached hydrogen (secondary N) is 1. The third kappa shape index (κ3) is 60.6. The Kier molecular flexibility index (Phi) is 58.1. The Balaban J connectivity index is 4.95. The molecule has 0 saturated heterocycles. The molecule has 0 spiro atoms. The van der Waals surface area contributed by atoms with Crippen molar-refractivity contribution in [2.45, 2.75) is 354 Å². The minimum Gasteiger partial charge on any atom is -0.456 e. The van der Waals surface area contributed by atoms with Crippen molar-refractivity contribution in [1.29, 1.82) is 0 Å². The first kappa shape index (κ1) is 77.2. The summed E-state index contributed by atoms with van der Waals surface area (Å²) >= 11 is 0. The summed E-state index contributed by atoms with van der Waals surface area (Å²) in [7, 11) is 1.51. The van der Waals surface area contributed by atoms with Crippen LogP contribution in [0.1, 0.15) is 342 Å². The highest BCUT2D eigenvalue weighted by atomic mass is 31.2. The van der Waals surface area contributed by atoms with Gasteiger partial charge in [0.15, 0.2) is 0 Å². The molecule has 466 valence electrons. The Labute approximate surface area is 491 Å². The van der Waals surface area contributed by atoms with Gasteiger partial charge >= 0.3 is 13.8 Å². The minimum absolute atomic E-state index is 0.0420. The van der Waals surface area contributed by atoms with Crippen LogP contribution in [0, 0.1) is 0 Å². The molecule has 0 aromatic heterocycles. The number of hydrogen-bond acceptors (Lipinski definition) is 6. The number of esters is 1. The Morgan fingerprint density at radius 2 is 0.734 bits per heavy atom. The first-order valence-electron chi connectivity index (χ1n) is 34.3. The molecule has 3 atom stereocenters. The van der Waals surface area contributed by atoms with E-state index in [0.717, 1.165) is 57.8 Å². The van der Waals surface area contributed by atoms with Crippen LogP contribution in [0.3, 0.4) is 0 Å². The van der Waals surface area contributed by atoms with Gasteiger partial charge in [-0.05, 0) is 83.1 Å². The molecule has 79 heavy (non-hydrogen) atoms. The first-order chi connectivity index (χ1) is 38.4. The summed E-state index contributed by atoms with van der Waals surface area (Å²) in [6, 6.07) is -0.846. The van der Waals surface area contributed by atoms with E-state index in [4.69, 9.17) is 13.8 Å². The summed E-state index contributed by atoms with van der Waals surface area (Å²) in [5.74, 6) is -0.495. The van der Waals surface area contributed by atoms with Gasteiger partial charge in [0.25, 0.3) is 0 Å². The van der Waals surface area contributed by atoms with Gasteiger partial charge in [-0.25, -0.2) is 4.57 Å². The van der Waals surface area contributed by atoms with Crippen molar-refractivity contribution in [3.8, 4) is 0 Å². The molecule has 10 heteroatoms. The molecule has 1 amide bonds. The van der Waals surface area contributed by atoms with Crippen LogP contribution in [-0.4, -0.2) is 74.3 Å². The highest BCUT2D eigenvalue weighted by Gasteiger charge is 2.30. The number of carbonyl (C=O) groups is 2. The Morgan fingerprint density at radius 1 is 0.430 bits per heavy atom. The Bertz CT molecular complexity index is 1450. The highest BCUT2D eigenvalue weighted by molar-refractivity contribution is 7.47. The Morgan fingerprint density at radius 3 is 1.09 bits per heavy atom. The summed E-state index contributed by atoms with van der Waals surface area (Å²) in [5, 5.41) is 3.07. The van der Waals surface area contributed by atoms with E-state index in [1.165, 1.54) is 250 Å². The number of quaternary nitrogens is 1. The summed E-state index contributed by atoms with van der Waals surface area (Å²) < 4.78 is 30.7. The van der Waals surface area contributed by atoms with E-state index in [1.807, 2.05) is 33.3 Å². The zero-order valence-electron chi connectivity index (χ0n) is 53.4. The van der Waals surface area contributed by atoms with Gasteiger partial charge in [-0.3, -0.25) is 18.6 Å². The fraction of sp³-hybridized carbons (Fsp3) is 0.884. The molecule has 0 heterocycles. The zero-order chi connectivity index (χ0) is 57.9. The van der Waals surface area contributed by atoms with Crippen LogP contribution in [0.4, 0.5) is 0 Å². The van der Waals surface area contributed by atoms with E-state index in [9.17, 15) is 19.0 Å². The van der Waals surface area contributed by atoms with Crippen molar-refractivity contribution in [2.75, 3.05) is 40.9 Å². The molecule has 2 N–H and O–H groups in total. The van der Waals surface area contributed by atoms with Crippen molar-refractivity contribution in [2.24, 2.45) is 0 Å². The molecular weight excluding hydrogens is 1000 g/mol. The molecule has 3 unspecified atom stereocenters. The number of hydrogen-bond donors (Lipinski definition) is 2. The lowest BCUT2D eigenvalue weighted by atomic mass is 10.0. The average molecular weight is 1130 g/mol. The number of likely N-dealkylation sites (N-methyl/N-ethyl adjacent to an activating group) is 1. The third-order valence-corrected chi connectivity index (χ3v) is 16.5. The van der Waals surface area contributed by atoms with Crippen LogP contribution in [0.15, 0.2) is 36.5 Å². The molecule has 0 aliphatic rings. The topological polar surface area (TPSA) is 111 Å². The van der Waals surface area contributed by atoms with E-state index in [2.05, 4.69) is 50.4 Å². The fourth-order valence-corrected chi connectivity index (χ4v) is 11.0. The molecule has 0 saturated carbocycles. The van der Waals surface area contributed by atoms with Crippen LogP contribution in [-0.2, 0) is 27.9 Å². The van der Waals surface area contributed by atoms with Crippen LogP contribution in [0.25, 0.3) is 0 Å². The first-order valence-corrected chi connectivity index (χ1v) is 35.8. The second-order valence-corrected chi connectivity index (χ2v) is 26.1. The van der Waals surface area contributed by atoms with Gasteiger partial charge in [0.2, 0.25) is 5.91 Å². The van der Waals surface area contributed by atoms with Crippen molar-refractivity contribution < 1.29 is 37.3 Å². The Hall–Kier alpha value is -1.77. The number of amides is 1. The summed E-state index contributed by atoms with van der Waals surface area (Å²) in [6.07, 6.45) is 73.0.